The molecule has 2 aromatic carbocycles. The lowest BCUT2D eigenvalue weighted by atomic mass is 10.1. The molecule has 0 bridgehead atoms. The molecule has 0 aliphatic rings. The van der Waals surface area contributed by atoms with E-state index in [0.29, 0.717) is 11.1 Å². The lowest BCUT2D eigenvalue weighted by Gasteiger charge is -2.07. The summed E-state index contributed by atoms with van der Waals surface area (Å²) in [7, 11) is 0. The third-order valence-electron chi connectivity index (χ3n) is 3.67. The molecule has 0 atom stereocenters. The molecule has 3 rings (SSSR count). The third-order valence-corrected chi connectivity index (χ3v) is 4.19. The maximum atomic E-state index is 10.9. The average molecular weight is 394 g/mol. The smallest absolute Gasteiger partial charge is 0.270 e. The lowest BCUT2D eigenvalue weighted by molar-refractivity contribution is -0.384. The van der Waals surface area contributed by atoms with Crippen LogP contribution in [0.1, 0.15) is 11.3 Å². The van der Waals surface area contributed by atoms with E-state index in [-0.39, 0.29) is 5.69 Å². The molecular formula is C19H12BrN3O2. The standard InChI is InChI=1S/C19H12BrN3O2/c20-16-6-8-17(9-7-16)22-10-2-5-18(22)12-15(13-21)14-3-1-4-19(11-14)23(24)25/h1-12H. The summed E-state index contributed by atoms with van der Waals surface area (Å²) in [5.41, 5.74) is 2.60. The van der Waals surface area contributed by atoms with Crippen molar-refractivity contribution in [3.05, 3.63) is 92.7 Å². The predicted molar refractivity (Wildman–Crippen MR) is 100 cm³/mol. The van der Waals surface area contributed by atoms with E-state index >= 15 is 0 Å². The minimum absolute atomic E-state index is 0.0399. The summed E-state index contributed by atoms with van der Waals surface area (Å²) < 4.78 is 2.93. The molecule has 1 aromatic heterocycles. The zero-order chi connectivity index (χ0) is 17.8. The number of halogens is 1. The van der Waals surface area contributed by atoms with Crippen molar-refractivity contribution in [2.75, 3.05) is 0 Å². The Labute approximate surface area is 152 Å². The summed E-state index contributed by atoms with van der Waals surface area (Å²) in [6.07, 6.45) is 3.62. The van der Waals surface area contributed by atoms with Crippen molar-refractivity contribution in [2.24, 2.45) is 0 Å². The molecule has 0 saturated carbocycles. The van der Waals surface area contributed by atoms with Gasteiger partial charge in [-0.05, 0) is 48.0 Å². The molecule has 0 amide bonds. The van der Waals surface area contributed by atoms with Crippen LogP contribution in [0.3, 0.4) is 0 Å². The molecule has 0 saturated heterocycles. The summed E-state index contributed by atoms with van der Waals surface area (Å²) in [6, 6.07) is 19.8. The second kappa shape index (κ2) is 7.16. The Morgan fingerprint density at radius 1 is 1.16 bits per heavy atom. The van der Waals surface area contributed by atoms with Crippen LogP contribution in [-0.4, -0.2) is 9.49 Å². The van der Waals surface area contributed by atoms with Gasteiger partial charge >= 0.3 is 0 Å². The van der Waals surface area contributed by atoms with E-state index in [2.05, 4.69) is 22.0 Å². The Bertz CT molecular complexity index is 998. The molecule has 0 aliphatic carbocycles. The highest BCUT2D eigenvalue weighted by atomic mass is 79.9. The number of rotatable bonds is 4. The quantitative estimate of drug-likeness (QED) is 0.346. The number of hydrogen-bond donors (Lipinski definition) is 0. The first kappa shape index (κ1) is 16.7. The predicted octanol–water partition coefficient (Wildman–Crippen LogP) is 5.21. The zero-order valence-electron chi connectivity index (χ0n) is 13.0. The van der Waals surface area contributed by atoms with Crippen molar-refractivity contribution in [1.82, 2.24) is 4.57 Å². The van der Waals surface area contributed by atoms with Crippen LogP contribution in [0.5, 0.6) is 0 Å². The van der Waals surface area contributed by atoms with Gasteiger partial charge in [0, 0.05) is 34.2 Å². The number of allylic oxidation sites excluding steroid dienone is 1. The number of aromatic nitrogens is 1. The number of hydrogen-bond acceptors (Lipinski definition) is 3. The number of nitrogens with zero attached hydrogens (tertiary/aromatic N) is 3. The summed E-state index contributed by atoms with van der Waals surface area (Å²) >= 11 is 3.41. The molecule has 0 aliphatic heterocycles. The van der Waals surface area contributed by atoms with Crippen LogP contribution in [0.15, 0.2) is 71.3 Å². The largest absolute Gasteiger partial charge is 0.317 e. The van der Waals surface area contributed by atoms with Crippen LogP contribution in [0.25, 0.3) is 17.3 Å². The van der Waals surface area contributed by atoms with Crippen LogP contribution < -0.4 is 0 Å². The highest BCUT2D eigenvalue weighted by Crippen LogP contribution is 2.24. The van der Waals surface area contributed by atoms with Crippen LogP contribution >= 0.6 is 15.9 Å². The van der Waals surface area contributed by atoms with Gasteiger partial charge in [-0.15, -0.1) is 0 Å². The van der Waals surface area contributed by atoms with E-state index in [1.807, 2.05) is 47.2 Å². The fourth-order valence-electron chi connectivity index (χ4n) is 2.46. The Morgan fingerprint density at radius 3 is 2.60 bits per heavy atom. The minimum Gasteiger partial charge on any atom is -0.317 e. The van der Waals surface area contributed by atoms with Crippen molar-refractivity contribution < 1.29 is 4.92 Å². The number of nitro benzene ring substituents is 1. The topological polar surface area (TPSA) is 71.9 Å². The Balaban J connectivity index is 2.04. The normalized spacial score (nSPS) is 11.1. The van der Waals surface area contributed by atoms with Gasteiger partial charge in [0.15, 0.2) is 0 Å². The second-order valence-corrected chi connectivity index (χ2v) is 6.17. The fraction of sp³-hybridized carbons (Fsp3) is 0. The maximum Gasteiger partial charge on any atom is 0.270 e. The first-order valence-corrected chi connectivity index (χ1v) is 8.18. The van der Waals surface area contributed by atoms with E-state index in [1.54, 1.807) is 18.2 Å². The summed E-state index contributed by atoms with van der Waals surface area (Å²) in [5, 5.41) is 20.4. The van der Waals surface area contributed by atoms with Gasteiger partial charge in [-0.2, -0.15) is 5.26 Å². The van der Waals surface area contributed by atoms with E-state index in [9.17, 15) is 15.4 Å². The lowest BCUT2D eigenvalue weighted by Crippen LogP contribution is -1.95. The van der Waals surface area contributed by atoms with Crippen molar-refractivity contribution in [3.8, 4) is 11.8 Å². The summed E-state index contributed by atoms with van der Waals surface area (Å²) in [5.74, 6) is 0. The van der Waals surface area contributed by atoms with E-state index in [1.165, 1.54) is 12.1 Å². The highest BCUT2D eigenvalue weighted by molar-refractivity contribution is 9.10. The molecule has 3 aromatic rings. The van der Waals surface area contributed by atoms with Crippen molar-refractivity contribution in [2.45, 2.75) is 0 Å². The van der Waals surface area contributed by atoms with E-state index in [4.69, 9.17) is 0 Å². The molecular weight excluding hydrogens is 382 g/mol. The van der Waals surface area contributed by atoms with Crippen molar-refractivity contribution in [1.29, 1.82) is 5.26 Å². The van der Waals surface area contributed by atoms with Crippen LogP contribution in [0.2, 0.25) is 0 Å². The number of non-ortho nitro benzene ring substituents is 1. The van der Waals surface area contributed by atoms with Gasteiger partial charge in [-0.25, -0.2) is 0 Å². The molecule has 5 nitrogen and oxygen atoms in total. The molecule has 25 heavy (non-hydrogen) atoms. The highest BCUT2D eigenvalue weighted by Gasteiger charge is 2.10. The van der Waals surface area contributed by atoms with Gasteiger partial charge in [0.25, 0.3) is 5.69 Å². The Hall–Kier alpha value is -3.17. The van der Waals surface area contributed by atoms with Crippen LogP contribution in [0, 0.1) is 21.4 Å². The van der Waals surface area contributed by atoms with Gasteiger partial charge in [-0.1, -0.05) is 28.1 Å². The third kappa shape index (κ3) is 3.67. The van der Waals surface area contributed by atoms with E-state index in [0.717, 1.165) is 15.9 Å². The molecule has 1 heterocycles. The van der Waals surface area contributed by atoms with E-state index < -0.39 is 4.92 Å². The molecule has 0 radical (unpaired) electrons. The molecule has 0 fully saturated rings. The first-order valence-electron chi connectivity index (χ1n) is 7.38. The van der Waals surface area contributed by atoms with Gasteiger partial charge in [0.05, 0.1) is 16.6 Å². The molecule has 0 N–H and O–H groups in total. The van der Waals surface area contributed by atoms with Crippen molar-refractivity contribution >= 4 is 33.3 Å². The van der Waals surface area contributed by atoms with Crippen LogP contribution in [0.4, 0.5) is 5.69 Å². The molecule has 122 valence electrons. The zero-order valence-corrected chi connectivity index (χ0v) is 14.6. The average Bonchev–Trinajstić information content (AvgIpc) is 3.08. The minimum atomic E-state index is -0.469. The number of nitriles is 1. The second-order valence-electron chi connectivity index (χ2n) is 5.26. The fourth-order valence-corrected chi connectivity index (χ4v) is 2.73. The van der Waals surface area contributed by atoms with Crippen molar-refractivity contribution in [3.63, 3.8) is 0 Å². The van der Waals surface area contributed by atoms with Gasteiger partial charge in [-0.3, -0.25) is 10.1 Å². The Kier molecular flexibility index (Phi) is 4.78. The van der Waals surface area contributed by atoms with Crippen LogP contribution in [-0.2, 0) is 0 Å². The maximum absolute atomic E-state index is 10.9. The first-order chi connectivity index (χ1) is 12.1. The van der Waals surface area contributed by atoms with Gasteiger partial charge in [0.1, 0.15) is 0 Å². The number of nitro groups is 1. The molecule has 0 spiro atoms. The van der Waals surface area contributed by atoms with Gasteiger partial charge in [0.2, 0.25) is 0 Å². The Morgan fingerprint density at radius 2 is 1.92 bits per heavy atom. The molecule has 6 heteroatoms. The summed E-state index contributed by atoms with van der Waals surface area (Å²) in [6.45, 7) is 0. The molecule has 0 unspecified atom stereocenters. The number of benzene rings is 2. The van der Waals surface area contributed by atoms with Gasteiger partial charge < -0.3 is 4.57 Å². The monoisotopic (exact) mass is 393 g/mol. The SMILES string of the molecule is N#CC(=Cc1cccn1-c1ccc(Br)cc1)c1cccc([N+](=O)[O-])c1. The summed E-state index contributed by atoms with van der Waals surface area (Å²) in [4.78, 5) is 10.5.